The van der Waals surface area contributed by atoms with Crippen molar-refractivity contribution in [1.29, 1.82) is 5.41 Å². The maximum atomic E-state index is 11.3. The average molecular weight is 499 g/mol. The first-order valence-electron chi connectivity index (χ1n) is 12.4. The minimum absolute atomic E-state index is 0.0528. The van der Waals surface area contributed by atoms with Crippen molar-refractivity contribution in [2.24, 2.45) is 5.73 Å². The Hall–Kier alpha value is -4.33. The fraction of sp³-hybridized carbons (Fsp3) is 0.276. The molecule has 3 aromatic carbocycles. The van der Waals surface area contributed by atoms with Gasteiger partial charge >= 0.3 is 5.97 Å². The quantitative estimate of drug-likeness (QED) is 0.212. The van der Waals surface area contributed by atoms with Crippen molar-refractivity contribution in [3.63, 3.8) is 0 Å². The Morgan fingerprint density at radius 2 is 1.92 bits per heavy atom. The second-order valence-corrected chi connectivity index (χ2v) is 9.33. The number of benzene rings is 3. The summed E-state index contributed by atoms with van der Waals surface area (Å²) in [6.45, 7) is 0.209. The zero-order valence-corrected chi connectivity index (χ0v) is 20.7. The van der Waals surface area contributed by atoms with E-state index in [0.29, 0.717) is 28.7 Å². The van der Waals surface area contributed by atoms with Crippen molar-refractivity contribution in [3.8, 4) is 22.6 Å². The van der Waals surface area contributed by atoms with Gasteiger partial charge in [0, 0.05) is 16.5 Å². The number of nitrogens with two attached hydrogens (primary N) is 1. The number of nitrogens with zero attached hydrogens (tertiary/aromatic N) is 2. The van der Waals surface area contributed by atoms with Crippen molar-refractivity contribution in [3.05, 3.63) is 77.5 Å². The van der Waals surface area contributed by atoms with Gasteiger partial charge < -0.3 is 20.3 Å². The molecule has 5 rings (SSSR count). The number of amidine groups is 1. The Morgan fingerprint density at radius 3 is 2.65 bits per heavy atom. The number of nitrogens with one attached hydrogen (secondary N) is 1. The molecule has 1 aliphatic carbocycles. The molecule has 37 heavy (non-hydrogen) atoms. The van der Waals surface area contributed by atoms with Gasteiger partial charge in [-0.05, 0) is 42.7 Å². The van der Waals surface area contributed by atoms with Crippen LogP contribution in [-0.2, 0) is 17.8 Å². The van der Waals surface area contributed by atoms with Crippen LogP contribution in [0.5, 0.6) is 11.5 Å². The van der Waals surface area contributed by atoms with E-state index in [0.717, 1.165) is 40.6 Å². The molecule has 0 saturated heterocycles. The van der Waals surface area contributed by atoms with Gasteiger partial charge in [0.1, 0.15) is 29.6 Å². The minimum Gasteiger partial charge on any atom is -0.495 e. The number of methoxy groups -OCH3 is 1. The Morgan fingerprint density at radius 1 is 1.14 bits per heavy atom. The van der Waals surface area contributed by atoms with Crippen LogP contribution in [0, 0.1) is 5.41 Å². The van der Waals surface area contributed by atoms with Crippen LogP contribution in [-0.4, -0.2) is 33.8 Å². The summed E-state index contributed by atoms with van der Waals surface area (Å²) >= 11 is 0. The molecule has 4 N–H and O–H groups in total. The van der Waals surface area contributed by atoms with E-state index in [1.165, 1.54) is 12.8 Å². The number of nitrogen functional groups attached to an aromatic ring is 1. The number of aliphatic carboxylic acids is 1. The zero-order chi connectivity index (χ0) is 25.9. The summed E-state index contributed by atoms with van der Waals surface area (Å²) in [4.78, 5) is 11.3. The summed E-state index contributed by atoms with van der Waals surface area (Å²) < 4.78 is 13.9. The van der Waals surface area contributed by atoms with E-state index in [1.807, 2.05) is 30.3 Å². The normalized spacial score (nSPS) is 13.6. The molecule has 0 bridgehead atoms. The third-order valence-electron chi connectivity index (χ3n) is 6.95. The molecule has 1 aromatic heterocycles. The second-order valence-electron chi connectivity index (χ2n) is 9.33. The number of carboxylic acids is 1. The molecular formula is C29H30N4O4. The molecule has 8 nitrogen and oxygen atoms in total. The van der Waals surface area contributed by atoms with Crippen LogP contribution in [0.3, 0.4) is 0 Å². The summed E-state index contributed by atoms with van der Waals surface area (Å²) in [7, 11) is 1.58. The van der Waals surface area contributed by atoms with Crippen molar-refractivity contribution in [2.45, 2.75) is 44.8 Å². The molecule has 1 aliphatic rings. The highest BCUT2D eigenvalue weighted by atomic mass is 16.5. The number of carbonyl (C=O) groups is 1. The van der Waals surface area contributed by atoms with Gasteiger partial charge in [-0.15, -0.1) is 0 Å². The van der Waals surface area contributed by atoms with E-state index >= 15 is 0 Å². The number of fused-ring (bicyclic) bond motifs is 1. The molecular weight excluding hydrogens is 468 g/mol. The standard InChI is InChI=1S/C29H30N4O4/c1-36-28-21(10-6-11-22(28)29(30)31)18-13-14-25-23(15-18)24(32-33(25)20-8-3-4-9-20)17-37-26-12-5-2-7-19(26)16-27(34)35/h2,5-7,10-15,20H,3-4,8-9,16-17H2,1H3,(H3,30,31)(H,34,35). The van der Waals surface area contributed by atoms with Gasteiger partial charge in [0.2, 0.25) is 0 Å². The first kappa shape index (κ1) is 24.4. The van der Waals surface area contributed by atoms with Crippen LogP contribution in [0.15, 0.2) is 60.7 Å². The highest BCUT2D eigenvalue weighted by Crippen LogP contribution is 2.38. The molecule has 8 heteroatoms. The number of hydrogen-bond acceptors (Lipinski definition) is 5. The lowest BCUT2D eigenvalue weighted by Gasteiger charge is -2.14. The van der Waals surface area contributed by atoms with Gasteiger partial charge in [0.05, 0.1) is 30.7 Å². The minimum atomic E-state index is -0.904. The van der Waals surface area contributed by atoms with Gasteiger partial charge in [0.15, 0.2) is 0 Å². The maximum absolute atomic E-state index is 11.3. The van der Waals surface area contributed by atoms with Crippen molar-refractivity contribution in [1.82, 2.24) is 9.78 Å². The van der Waals surface area contributed by atoms with E-state index < -0.39 is 5.97 Å². The van der Waals surface area contributed by atoms with Crippen molar-refractivity contribution >= 4 is 22.7 Å². The number of hydrogen-bond donors (Lipinski definition) is 3. The fourth-order valence-corrected chi connectivity index (χ4v) is 5.20. The molecule has 1 saturated carbocycles. The lowest BCUT2D eigenvalue weighted by molar-refractivity contribution is -0.136. The number of aromatic nitrogens is 2. The van der Waals surface area contributed by atoms with E-state index in [1.54, 1.807) is 25.3 Å². The topological polar surface area (TPSA) is 123 Å². The van der Waals surface area contributed by atoms with Gasteiger partial charge in [-0.3, -0.25) is 14.9 Å². The smallest absolute Gasteiger partial charge is 0.307 e. The summed E-state index contributed by atoms with van der Waals surface area (Å²) in [6, 6.07) is 19.3. The molecule has 0 amide bonds. The monoisotopic (exact) mass is 498 g/mol. The molecule has 190 valence electrons. The van der Waals surface area contributed by atoms with E-state index in [2.05, 4.69) is 16.8 Å². The van der Waals surface area contributed by atoms with Gasteiger partial charge in [-0.25, -0.2) is 0 Å². The predicted molar refractivity (Wildman–Crippen MR) is 142 cm³/mol. The summed E-state index contributed by atoms with van der Waals surface area (Å²) in [5, 5.41) is 23.2. The van der Waals surface area contributed by atoms with Gasteiger partial charge in [-0.2, -0.15) is 5.10 Å². The van der Waals surface area contributed by atoms with E-state index in [4.69, 9.17) is 25.7 Å². The van der Waals surface area contributed by atoms with Gasteiger partial charge in [-0.1, -0.05) is 49.2 Å². The number of ether oxygens (including phenoxy) is 2. The van der Waals surface area contributed by atoms with Crippen molar-refractivity contribution < 1.29 is 19.4 Å². The molecule has 1 heterocycles. The van der Waals surface area contributed by atoms with E-state index in [-0.39, 0.29) is 18.9 Å². The Balaban J connectivity index is 1.57. The lowest BCUT2D eigenvalue weighted by Crippen LogP contribution is -2.12. The lowest BCUT2D eigenvalue weighted by atomic mass is 9.99. The first-order chi connectivity index (χ1) is 18.0. The third kappa shape index (κ3) is 4.87. The summed E-state index contributed by atoms with van der Waals surface area (Å²) in [6.07, 6.45) is 4.45. The fourth-order valence-electron chi connectivity index (χ4n) is 5.20. The van der Waals surface area contributed by atoms with Crippen LogP contribution in [0.2, 0.25) is 0 Å². The van der Waals surface area contributed by atoms with Crippen LogP contribution in [0.25, 0.3) is 22.0 Å². The predicted octanol–water partition coefficient (Wildman–Crippen LogP) is 5.32. The van der Waals surface area contributed by atoms with Crippen LogP contribution < -0.4 is 15.2 Å². The molecule has 0 unspecified atom stereocenters. The molecule has 4 aromatic rings. The van der Waals surface area contributed by atoms with Crippen LogP contribution >= 0.6 is 0 Å². The van der Waals surface area contributed by atoms with E-state index in [9.17, 15) is 9.90 Å². The third-order valence-corrected chi connectivity index (χ3v) is 6.95. The maximum Gasteiger partial charge on any atom is 0.307 e. The molecule has 0 atom stereocenters. The first-order valence-corrected chi connectivity index (χ1v) is 12.4. The number of carboxylic acid groups (broad SMARTS) is 1. The molecule has 0 radical (unpaired) electrons. The summed E-state index contributed by atoms with van der Waals surface area (Å²) in [5.74, 6) is 0.139. The Kier molecular flexibility index (Phi) is 6.81. The number of rotatable bonds is 9. The Labute approximate surface area is 215 Å². The zero-order valence-electron chi connectivity index (χ0n) is 20.7. The average Bonchev–Trinajstić information content (AvgIpc) is 3.55. The molecule has 0 aliphatic heterocycles. The van der Waals surface area contributed by atoms with Crippen molar-refractivity contribution in [2.75, 3.05) is 7.11 Å². The van der Waals surface area contributed by atoms with Crippen LogP contribution in [0.1, 0.15) is 48.5 Å². The van der Waals surface area contributed by atoms with Crippen LogP contribution in [0.4, 0.5) is 0 Å². The highest BCUT2D eigenvalue weighted by molar-refractivity contribution is 6.00. The second kappa shape index (κ2) is 10.3. The summed E-state index contributed by atoms with van der Waals surface area (Å²) in [5.41, 5.74) is 10.6. The largest absolute Gasteiger partial charge is 0.495 e. The molecule has 0 spiro atoms. The SMILES string of the molecule is COc1c(C(=N)N)cccc1-c1ccc2c(c1)c(COc1ccccc1CC(=O)O)nn2C1CCCC1. The highest BCUT2D eigenvalue weighted by Gasteiger charge is 2.23. The number of para-hydroxylation sites is 2. The molecule has 1 fully saturated rings. The van der Waals surface area contributed by atoms with Gasteiger partial charge in [0.25, 0.3) is 0 Å². The Bertz CT molecular complexity index is 1470.